The first-order valence-electron chi connectivity index (χ1n) is 7.05. The van der Waals surface area contributed by atoms with Gasteiger partial charge in [0.25, 0.3) is 5.91 Å². The normalized spacial score (nSPS) is 20.9. The molecular formula is C15H21ClN2O2. The van der Waals surface area contributed by atoms with E-state index >= 15 is 0 Å². The predicted octanol–water partition coefficient (Wildman–Crippen LogP) is 2.01. The van der Waals surface area contributed by atoms with Crippen LogP contribution in [0.25, 0.3) is 0 Å². The zero-order valence-corrected chi connectivity index (χ0v) is 12.3. The highest BCUT2D eigenvalue weighted by Crippen LogP contribution is 2.17. The van der Waals surface area contributed by atoms with Crippen molar-refractivity contribution in [3.05, 3.63) is 34.9 Å². The van der Waals surface area contributed by atoms with E-state index in [4.69, 9.17) is 4.74 Å². The van der Waals surface area contributed by atoms with Gasteiger partial charge < -0.3 is 15.4 Å². The number of hydrogen-bond donors (Lipinski definition) is 2. The third-order valence-electron chi connectivity index (χ3n) is 3.86. The lowest BCUT2D eigenvalue weighted by molar-refractivity contribution is 0.0169. The van der Waals surface area contributed by atoms with Crippen LogP contribution in [-0.2, 0) is 17.8 Å². The topological polar surface area (TPSA) is 50.4 Å². The quantitative estimate of drug-likeness (QED) is 0.897. The molecule has 0 aliphatic carbocycles. The highest BCUT2D eigenvalue weighted by Gasteiger charge is 2.17. The molecule has 0 saturated carbocycles. The molecule has 2 aliphatic heterocycles. The summed E-state index contributed by atoms with van der Waals surface area (Å²) < 4.78 is 5.61. The van der Waals surface area contributed by atoms with Gasteiger partial charge in [0.2, 0.25) is 0 Å². The Balaban J connectivity index is 0.00000147. The summed E-state index contributed by atoms with van der Waals surface area (Å²) >= 11 is 0. The van der Waals surface area contributed by atoms with Gasteiger partial charge in [-0.3, -0.25) is 4.79 Å². The van der Waals surface area contributed by atoms with Crippen LogP contribution >= 0.6 is 12.4 Å². The second-order valence-electron chi connectivity index (χ2n) is 5.29. The molecule has 1 fully saturated rings. The first kappa shape index (κ1) is 15.3. The number of carbonyl (C=O) groups excluding carboxylic acids is 1. The Hall–Kier alpha value is -1.10. The first-order valence-corrected chi connectivity index (χ1v) is 7.05. The molecular weight excluding hydrogens is 276 g/mol. The largest absolute Gasteiger partial charge is 0.376 e. The standard InChI is InChI=1S/C15H20N2O2.ClH/c18-15(17-10-14-3-1-2-6-19-14)11-4-5-12-8-16-9-13(12)7-11;/h4-5,7,14,16H,1-3,6,8-10H2,(H,17,18);1H. The van der Waals surface area contributed by atoms with E-state index in [0.717, 1.165) is 38.1 Å². The predicted molar refractivity (Wildman–Crippen MR) is 80.2 cm³/mol. The number of rotatable bonds is 3. The molecule has 2 N–H and O–H groups in total. The molecule has 1 atom stereocenters. The maximum absolute atomic E-state index is 12.1. The molecule has 4 nitrogen and oxygen atoms in total. The Morgan fingerprint density at radius 2 is 2.15 bits per heavy atom. The highest BCUT2D eigenvalue weighted by molar-refractivity contribution is 5.94. The van der Waals surface area contributed by atoms with E-state index in [0.29, 0.717) is 6.54 Å². The lowest BCUT2D eigenvalue weighted by Gasteiger charge is -2.22. The van der Waals surface area contributed by atoms with Crippen molar-refractivity contribution in [3.63, 3.8) is 0 Å². The van der Waals surface area contributed by atoms with Gasteiger partial charge in [0, 0.05) is 31.8 Å². The van der Waals surface area contributed by atoms with E-state index < -0.39 is 0 Å². The molecule has 0 radical (unpaired) electrons. The summed E-state index contributed by atoms with van der Waals surface area (Å²) in [5.74, 6) is 0.00359. The molecule has 1 aromatic rings. The van der Waals surface area contributed by atoms with Gasteiger partial charge in [0.1, 0.15) is 0 Å². The number of benzene rings is 1. The maximum atomic E-state index is 12.1. The number of hydrogen-bond acceptors (Lipinski definition) is 3. The van der Waals surface area contributed by atoms with Gasteiger partial charge in [0.15, 0.2) is 0 Å². The summed E-state index contributed by atoms with van der Waals surface area (Å²) in [4.78, 5) is 12.1. The number of amides is 1. The molecule has 3 rings (SSSR count). The van der Waals surface area contributed by atoms with Gasteiger partial charge in [-0.25, -0.2) is 0 Å². The van der Waals surface area contributed by atoms with E-state index in [-0.39, 0.29) is 24.4 Å². The average Bonchev–Trinajstić information content (AvgIpc) is 2.93. The van der Waals surface area contributed by atoms with Gasteiger partial charge >= 0.3 is 0 Å². The van der Waals surface area contributed by atoms with Crippen LogP contribution in [0.5, 0.6) is 0 Å². The van der Waals surface area contributed by atoms with Crippen molar-refractivity contribution >= 4 is 18.3 Å². The smallest absolute Gasteiger partial charge is 0.251 e. The molecule has 0 aromatic heterocycles. The van der Waals surface area contributed by atoms with Crippen molar-refractivity contribution in [2.75, 3.05) is 13.2 Å². The Labute approximate surface area is 125 Å². The van der Waals surface area contributed by atoms with Crippen molar-refractivity contribution < 1.29 is 9.53 Å². The van der Waals surface area contributed by atoms with Crippen molar-refractivity contribution in [1.29, 1.82) is 0 Å². The second kappa shape index (κ2) is 7.07. The van der Waals surface area contributed by atoms with E-state index in [9.17, 15) is 4.79 Å². The summed E-state index contributed by atoms with van der Waals surface area (Å²) in [5.41, 5.74) is 3.28. The summed E-state index contributed by atoms with van der Waals surface area (Å²) in [6.45, 7) is 3.22. The Morgan fingerprint density at radius 3 is 2.95 bits per heavy atom. The van der Waals surface area contributed by atoms with Crippen LogP contribution in [0.15, 0.2) is 18.2 Å². The molecule has 20 heavy (non-hydrogen) atoms. The number of ether oxygens (including phenoxy) is 1. The third-order valence-corrected chi connectivity index (χ3v) is 3.86. The van der Waals surface area contributed by atoms with E-state index in [2.05, 4.69) is 10.6 Å². The summed E-state index contributed by atoms with van der Waals surface area (Å²) in [5, 5.41) is 6.26. The fraction of sp³-hybridized carbons (Fsp3) is 0.533. The van der Waals surface area contributed by atoms with Gasteiger partial charge in [-0.15, -0.1) is 12.4 Å². The van der Waals surface area contributed by atoms with Crippen LogP contribution in [-0.4, -0.2) is 25.2 Å². The van der Waals surface area contributed by atoms with Crippen molar-refractivity contribution in [2.45, 2.75) is 38.5 Å². The van der Waals surface area contributed by atoms with Crippen molar-refractivity contribution in [3.8, 4) is 0 Å². The van der Waals surface area contributed by atoms with Gasteiger partial charge in [-0.1, -0.05) is 6.07 Å². The molecule has 2 heterocycles. The van der Waals surface area contributed by atoms with Gasteiger partial charge in [0.05, 0.1) is 6.10 Å². The van der Waals surface area contributed by atoms with Crippen LogP contribution in [0, 0.1) is 0 Å². The minimum absolute atomic E-state index is 0. The fourth-order valence-corrected chi connectivity index (χ4v) is 2.71. The molecule has 2 aliphatic rings. The van der Waals surface area contributed by atoms with Crippen LogP contribution in [0.3, 0.4) is 0 Å². The van der Waals surface area contributed by atoms with E-state index in [1.54, 1.807) is 0 Å². The number of nitrogens with one attached hydrogen (secondary N) is 2. The van der Waals surface area contributed by atoms with Crippen LogP contribution in [0.4, 0.5) is 0 Å². The SMILES string of the molecule is Cl.O=C(NCC1CCCCO1)c1ccc2c(c1)CNC2. The highest BCUT2D eigenvalue weighted by atomic mass is 35.5. The molecule has 1 amide bonds. The number of carbonyl (C=O) groups is 1. The molecule has 5 heteroatoms. The third kappa shape index (κ3) is 3.51. The zero-order valence-electron chi connectivity index (χ0n) is 11.5. The van der Waals surface area contributed by atoms with E-state index in [1.807, 2.05) is 18.2 Å². The monoisotopic (exact) mass is 296 g/mol. The molecule has 0 spiro atoms. The molecule has 1 unspecified atom stereocenters. The summed E-state index contributed by atoms with van der Waals surface area (Å²) in [6, 6.07) is 5.94. The summed E-state index contributed by atoms with van der Waals surface area (Å²) in [6.07, 6.45) is 3.58. The number of fused-ring (bicyclic) bond motifs is 1. The fourth-order valence-electron chi connectivity index (χ4n) is 2.71. The Morgan fingerprint density at radius 1 is 1.30 bits per heavy atom. The lowest BCUT2D eigenvalue weighted by atomic mass is 10.1. The van der Waals surface area contributed by atoms with Crippen molar-refractivity contribution in [2.24, 2.45) is 0 Å². The van der Waals surface area contributed by atoms with Gasteiger partial charge in [-0.05, 0) is 42.5 Å². The molecule has 110 valence electrons. The summed E-state index contributed by atoms with van der Waals surface area (Å²) in [7, 11) is 0. The Kier molecular flexibility index (Phi) is 5.40. The lowest BCUT2D eigenvalue weighted by Crippen LogP contribution is -2.35. The average molecular weight is 297 g/mol. The van der Waals surface area contributed by atoms with Crippen LogP contribution in [0.1, 0.15) is 40.7 Å². The number of halogens is 1. The maximum Gasteiger partial charge on any atom is 0.251 e. The molecule has 1 aromatic carbocycles. The minimum Gasteiger partial charge on any atom is -0.376 e. The van der Waals surface area contributed by atoms with Crippen molar-refractivity contribution in [1.82, 2.24) is 10.6 Å². The molecule has 0 bridgehead atoms. The Bertz CT molecular complexity index is 473. The van der Waals surface area contributed by atoms with Gasteiger partial charge in [-0.2, -0.15) is 0 Å². The van der Waals surface area contributed by atoms with Crippen LogP contribution < -0.4 is 10.6 Å². The zero-order chi connectivity index (χ0) is 13.1. The second-order valence-corrected chi connectivity index (χ2v) is 5.29. The first-order chi connectivity index (χ1) is 9.33. The minimum atomic E-state index is 0. The molecule has 1 saturated heterocycles. The van der Waals surface area contributed by atoms with E-state index in [1.165, 1.54) is 17.5 Å². The van der Waals surface area contributed by atoms with Crippen LogP contribution in [0.2, 0.25) is 0 Å².